The molecule has 4 rings (SSSR count). The highest BCUT2D eigenvalue weighted by Gasteiger charge is 2.38. The Morgan fingerprint density at radius 3 is 2.42 bits per heavy atom. The van der Waals surface area contributed by atoms with Gasteiger partial charge >= 0.3 is 5.97 Å². The third-order valence-corrected chi connectivity index (χ3v) is 6.40. The first-order valence-electron chi connectivity index (χ1n) is 11.0. The summed E-state index contributed by atoms with van der Waals surface area (Å²) in [7, 11) is 0. The first-order valence-corrected chi connectivity index (χ1v) is 11.0. The number of aliphatic hydroxyl groups is 1. The van der Waals surface area contributed by atoms with Gasteiger partial charge in [0.1, 0.15) is 23.1 Å². The van der Waals surface area contributed by atoms with Gasteiger partial charge in [-0.2, -0.15) is 0 Å². The maximum absolute atomic E-state index is 13.1. The third kappa shape index (κ3) is 5.17. The summed E-state index contributed by atoms with van der Waals surface area (Å²) < 4.78 is 13.1. The smallest absolute Gasteiger partial charge is 0.306 e. The number of carboxylic acids is 1. The average molecular weight is 451 g/mol. The van der Waals surface area contributed by atoms with E-state index in [0.717, 1.165) is 17.3 Å². The predicted molar refractivity (Wildman–Crippen MR) is 122 cm³/mol. The van der Waals surface area contributed by atoms with E-state index < -0.39 is 17.4 Å². The second-order valence-corrected chi connectivity index (χ2v) is 8.87. The number of hydrogen-bond acceptors (Lipinski definition) is 6. The Balaban J connectivity index is 1.51. The molecule has 3 aromatic rings. The molecule has 3 aromatic heterocycles. The molecule has 1 unspecified atom stereocenters. The molecule has 1 aliphatic rings. The third-order valence-electron chi connectivity index (χ3n) is 6.40. The van der Waals surface area contributed by atoms with E-state index in [9.17, 15) is 19.4 Å². The highest BCUT2D eigenvalue weighted by molar-refractivity contribution is 5.70. The van der Waals surface area contributed by atoms with Crippen molar-refractivity contribution in [3.63, 3.8) is 0 Å². The fraction of sp³-hybridized carbons (Fsp3) is 0.360. The summed E-state index contributed by atoms with van der Waals surface area (Å²) >= 11 is 0. The molecule has 172 valence electrons. The van der Waals surface area contributed by atoms with E-state index in [1.165, 1.54) is 6.07 Å². The number of carboxylic acid groups (broad SMARTS) is 1. The van der Waals surface area contributed by atoms with Gasteiger partial charge in [-0.25, -0.2) is 14.4 Å². The van der Waals surface area contributed by atoms with E-state index in [-0.39, 0.29) is 11.8 Å². The lowest BCUT2D eigenvalue weighted by molar-refractivity contribution is -0.144. The molecule has 1 saturated carbocycles. The van der Waals surface area contributed by atoms with Gasteiger partial charge in [0.25, 0.3) is 0 Å². The molecule has 1 aliphatic carbocycles. The van der Waals surface area contributed by atoms with Crippen molar-refractivity contribution in [3.8, 4) is 11.3 Å². The van der Waals surface area contributed by atoms with Crippen LogP contribution in [0.25, 0.3) is 11.3 Å². The standard InChI is InChI=1S/C25H27FN4O3/c1-15-11-20(29-23(12-15)30-22-10-8-19(26)14-28-22)17-5-9-21(27-13-17)25(2,33)18-6-3-16(4-7-18)24(31)32/h5,8-14,16,18,33H,3-4,6-7H2,1-2H3,(H,31,32)(H,28,29,30). The van der Waals surface area contributed by atoms with E-state index in [0.29, 0.717) is 48.7 Å². The molecule has 0 aromatic carbocycles. The summed E-state index contributed by atoms with van der Waals surface area (Å²) in [4.78, 5) is 24.4. The number of aromatic nitrogens is 3. The fourth-order valence-electron chi connectivity index (χ4n) is 4.42. The number of anilines is 2. The Bertz CT molecular complexity index is 1130. The molecule has 0 amide bonds. The zero-order valence-corrected chi connectivity index (χ0v) is 18.6. The van der Waals surface area contributed by atoms with Crippen LogP contribution in [0.1, 0.15) is 43.9 Å². The molecule has 33 heavy (non-hydrogen) atoms. The Labute approximate surface area is 191 Å². The number of halogens is 1. The molecule has 3 heterocycles. The van der Waals surface area contributed by atoms with Crippen LogP contribution in [0.5, 0.6) is 0 Å². The van der Waals surface area contributed by atoms with Gasteiger partial charge in [0.15, 0.2) is 0 Å². The molecule has 1 fully saturated rings. The highest BCUT2D eigenvalue weighted by Crippen LogP contribution is 2.40. The number of aliphatic carboxylic acids is 1. The maximum Gasteiger partial charge on any atom is 0.306 e. The van der Waals surface area contributed by atoms with Crippen molar-refractivity contribution in [2.45, 2.75) is 45.1 Å². The summed E-state index contributed by atoms with van der Waals surface area (Å²) in [6, 6.07) is 10.4. The molecule has 0 aliphatic heterocycles. The number of pyridine rings is 3. The number of hydrogen-bond donors (Lipinski definition) is 3. The van der Waals surface area contributed by atoms with Crippen molar-refractivity contribution in [2.24, 2.45) is 11.8 Å². The number of carbonyl (C=O) groups is 1. The molecule has 0 saturated heterocycles. The topological polar surface area (TPSA) is 108 Å². The Hall–Kier alpha value is -3.39. The molecule has 0 bridgehead atoms. The van der Waals surface area contributed by atoms with Crippen LogP contribution in [0.2, 0.25) is 0 Å². The zero-order chi connectivity index (χ0) is 23.6. The van der Waals surface area contributed by atoms with Crippen molar-refractivity contribution in [1.82, 2.24) is 15.0 Å². The number of aryl methyl sites for hydroxylation is 1. The lowest BCUT2D eigenvalue weighted by atomic mass is 9.73. The Morgan fingerprint density at radius 2 is 1.82 bits per heavy atom. The molecule has 8 heteroatoms. The van der Waals surface area contributed by atoms with Crippen molar-refractivity contribution in [1.29, 1.82) is 0 Å². The second kappa shape index (κ2) is 9.23. The van der Waals surface area contributed by atoms with Gasteiger partial charge < -0.3 is 15.5 Å². The predicted octanol–water partition coefficient (Wildman–Crippen LogP) is 4.83. The lowest BCUT2D eigenvalue weighted by Crippen LogP contribution is -2.36. The molecular formula is C25H27FN4O3. The monoisotopic (exact) mass is 450 g/mol. The fourth-order valence-corrected chi connectivity index (χ4v) is 4.42. The number of nitrogens with zero attached hydrogens (tertiary/aromatic N) is 3. The van der Waals surface area contributed by atoms with Crippen LogP contribution in [-0.2, 0) is 10.4 Å². The van der Waals surface area contributed by atoms with E-state index in [1.807, 2.05) is 25.1 Å². The number of nitrogens with one attached hydrogen (secondary N) is 1. The van der Waals surface area contributed by atoms with E-state index in [2.05, 4.69) is 20.3 Å². The van der Waals surface area contributed by atoms with Gasteiger partial charge in [0, 0.05) is 11.8 Å². The molecule has 0 spiro atoms. The highest BCUT2D eigenvalue weighted by atomic mass is 19.1. The van der Waals surface area contributed by atoms with Crippen LogP contribution in [0.15, 0.2) is 48.8 Å². The zero-order valence-electron chi connectivity index (χ0n) is 18.6. The molecular weight excluding hydrogens is 423 g/mol. The minimum absolute atomic E-state index is 0.0393. The van der Waals surface area contributed by atoms with Gasteiger partial charge in [0.05, 0.1) is 23.5 Å². The van der Waals surface area contributed by atoms with Crippen molar-refractivity contribution in [2.75, 3.05) is 5.32 Å². The SMILES string of the molecule is Cc1cc(Nc2ccc(F)cn2)nc(-c2ccc(C(C)(O)C3CCC(C(=O)O)CC3)nc2)c1. The van der Waals surface area contributed by atoms with Crippen LogP contribution >= 0.6 is 0 Å². The minimum Gasteiger partial charge on any atom is -0.481 e. The van der Waals surface area contributed by atoms with Gasteiger partial charge in [0.2, 0.25) is 0 Å². The van der Waals surface area contributed by atoms with Crippen LogP contribution in [0.4, 0.5) is 16.0 Å². The van der Waals surface area contributed by atoms with Gasteiger partial charge in [-0.1, -0.05) is 0 Å². The van der Waals surface area contributed by atoms with Crippen LogP contribution in [0, 0.1) is 24.6 Å². The second-order valence-electron chi connectivity index (χ2n) is 8.87. The van der Waals surface area contributed by atoms with Gasteiger partial charge in [-0.3, -0.25) is 9.78 Å². The van der Waals surface area contributed by atoms with Crippen LogP contribution in [-0.4, -0.2) is 31.1 Å². The van der Waals surface area contributed by atoms with Gasteiger partial charge in [-0.15, -0.1) is 0 Å². The summed E-state index contributed by atoms with van der Waals surface area (Å²) in [5, 5.41) is 23.5. The van der Waals surface area contributed by atoms with Crippen molar-refractivity contribution in [3.05, 3.63) is 65.9 Å². The summed E-state index contributed by atoms with van der Waals surface area (Å²) in [6.07, 6.45) is 5.27. The molecule has 0 radical (unpaired) electrons. The van der Waals surface area contributed by atoms with Gasteiger partial charge in [-0.05, 0) is 87.4 Å². The van der Waals surface area contributed by atoms with Crippen molar-refractivity contribution >= 4 is 17.6 Å². The normalized spacial score (nSPS) is 20.1. The maximum atomic E-state index is 13.1. The lowest BCUT2D eigenvalue weighted by Gasteiger charge is -2.36. The quantitative estimate of drug-likeness (QED) is 0.494. The van der Waals surface area contributed by atoms with E-state index in [1.54, 1.807) is 25.3 Å². The average Bonchev–Trinajstić information content (AvgIpc) is 2.80. The van der Waals surface area contributed by atoms with E-state index in [4.69, 9.17) is 0 Å². The summed E-state index contributed by atoms with van der Waals surface area (Å²) in [5.41, 5.74) is 1.91. The molecule has 3 N–H and O–H groups in total. The van der Waals surface area contributed by atoms with Crippen LogP contribution in [0.3, 0.4) is 0 Å². The summed E-state index contributed by atoms with van der Waals surface area (Å²) in [5.74, 6) is -0.464. The Morgan fingerprint density at radius 1 is 1.06 bits per heavy atom. The molecule has 1 atom stereocenters. The largest absolute Gasteiger partial charge is 0.481 e. The minimum atomic E-state index is -1.14. The van der Waals surface area contributed by atoms with E-state index >= 15 is 0 Å². The number of rotatable bonds is 6. The summed E-state index contributed by atoms with van der Waals surface area (Å²) in [6.45, 7) is 3.71. The van der Waals surface area contributed by atoms with Crippen molar-refractivity contribution < 1.29 is 19.4 Å². The Kier molecular flexibility index (Phi) is 6.37. The molecule has 7 nitrogen and oxygen atoms in total. The van der Waals surface area contributed by atoms with Crippen LogP contribution < -0.4 is 5.32 Å². The first-order chi connectivity index (χ1) is 15.7. The first kappa shape index (κ1) is 22.8.